The molecule has 6 nitrogen and oxygen atoms in total. The molecule has 2 amide bonds. The SMILES string of the molecule is O=C(Nc1cc(F)c(F)c(F)c1)[C@H]1CCN(C(=O)c2cc3cccnc3[nH]2)C1. The van der Waals surface area contributed by atoms with Gasteiger partial charge in [0.2, 0.25) is 5.91 Å². The first-order valence-electron chi connectivity index (χ1n) is 8.61. The molecule has 4 rings (SSSR count). The van der Waals surface area contributed by atoms with Gasteiger partial charge in [0.15, 0.2) is 17.5 Å². The summed E-state index contributed by atoms with van der Waals surface area (Å²) in [6, 6.07) is 6.72. The Morgan fingerprint density at radius 1 is 1.18 bits per heavy atom. The maximum atomic E-state index is 13.3. The molecule has 9 heteroatoms. The van der Waals surface area contributed by atoms with E-state index in [-0.39, 0.29) is 18.1 Å². The lowest BCUT2D eigenvalue weighted by Crippen LogP contribution is -2.31. The summed E-state index contributed by atoms with van der Waals surface area (Å²) in [4.78, 5) is 33.7. The van der Waals surface area contributed by atoms with Crippen LogP contribution in [-0.4, -0.2) is 39.8 Å². The van der Waals surface area contributed by atoms with Gasteiger partial charge in [-0.25, -0.2) is 18.2 Å². The van der Waals surface area contributed by atoms with Crippen LogP contribution >= 0.6 is 0 Å². The van der Waals surface area contributed by atoms with Gasteiger partial charge in [-0.05, 0) is 24.6 Å². The van der Waals surface area contributed by atoms with Crippen molar-refractivity contribution in [2.24, 2.45) is 5.92 Å². The standard InChI is InChI=1S/C19H15F3N4O2/c20-13-7-12(8-14(21)16(13)22)24-18(27)11-3-5-26(9-11)19(28)15-6-10-2-1-4-23-17(10)25-15/h1-2,4,6-8,11H,3,5,9H2,(H,23,25)(H,24,27)/t11-/m0/s1. The number of pyridine rings is 1. The van der Waals surface area contributed by atoms with Gasteiger partial charge in [-0.1, -0.05) is 0 Å². The number of aromatic nitrogens is 2. The lowest BCUT2D eigenvalue weighted by Gasteiger charge is -2.15. The van der Waals surface area contributed by atoms with Crippen molar-refractivity contribution in [1.82, 2.24) is 14.9 Å². The fraction of sp³-hybridized carbons (Fsp3) is 0.211. The average molecular weight is 388 g/mol. The highest BCUT2D eigenvalue weighted by atomic mass is 19.2. The van der Waals surface area contributed by atoms with Crippen LogP contribution in [0.5, 0.6) is 0 Å². The first kappa shape index (κ1) is 18.0. The quantitative estimate of drug-likeness (QED) is 0.677. The Labute approximate surface area is 157 Å². The molecule has 0 bridgehead atoms. The van der Waals surface area contributed by atoms with Crippen molar-refractivity contribution in [3.63, 3.8) is 0 Å². The summed E-state index contributed by atoms with van der Waals surface area (Å²) >= 11 is 0. The number of likely N-dealkylation sites (tertiary alicyclic amines) is 1. The average Bonchev–Trinajstić information content (AvgIpc) is 3.32. The highest BCUT2D eigenvalue weighted by Gasteiger charge is 2.32. The number of fused-ring (bicyclic) bond motifs is 1. The molecule has 3 heterocycles. The Morgan fingerprint density at radius 2 is 1.93 bits per heavy atom. The number of hydrogen-bond acceptors (Lipinski definition) is 3. The zero-order valence-electron chi connectivity index (χ0n) is 14.5. The van der Waals surface area contributed by atoms with Gasteiger partial charge in [-0.3, -0.25) is 9.59 Å². The van der Waals surface area contributed by atoms with E-state index >= 15 is 0 Å². The third-order valence-electron chi connectivity index (χ3n) is 4.72. The largest absolute Gasteiger partial charge is 0.337 e. The molecule has 1 aliphatic heterocycles. The summed E-state index contributed by atoms with van der Waals surface area (Å²) in [5, 5.41) is 3.18. The summed E-state index contributed by atoms with van der Waals surface area (Å²) in [5.41, 5.74) is 0.796. The molecule has 2 aromatic heterocycles. The van der Waals surface area contributed by atoms with E-state index in [0.29, 0.717) is 36.4 Å². The third-order valence-corrected chi connectivity index (χ3v) is 4.72. The van der Waals surface area contributed by atoms with E-state index in [4.69, 9.17) is 0 Å². The second kappa shape index (κ2) is 6.99. The fourth-order valence-electron chi connectivity index (χ4n) is 3.27. The van der Waals surface area contributed by atoms with Gasteiger partial charge < -0.3 is 15.2 Å². The predicted molar refractivity (Wildman–Crippen MR) is 95.0 cm³/mol. The van der Waals surface area contributed by atoms with Gasteiger partial charge in [0.25, 0.3) is 5.91 Å². The summed E-state index contributed by atoms with van der Waals surface area (Å²) in [6.07, 6.45) is 2.02. The zero-order chi connectivity index (χ0) is 19.8. The summed E-state index contributed by atoms with van der Waals surface area (Å²) in [5.74, 6) is -5.64. The van der Waals surface area contributed by atoms with Crippen molar-refractivity contribution in [3.8, 4) is 0 Å². The number of hydrogen-bond donors (Lipinski definition) is 2. The van der Waals surface area contributed by atoms with Crippen molar-refractivity contribution in [3.05, 3.63) is 59.7 Å². The lowest BCUT2D eigenvalue weighted by molar-refractivity contribution is -0.119. The molecular weight excluding hydrogens is 373 g/mol. The Balaban J connectivity index is 1.43. The van der Waals surface area contributed by atoms with Crippen LogP contribution in [0.25, 0.3) is 11.0 Å². The lowest BCUT2D eigenvalue weighted by atomic mass is 10.1. The first-order valence-corrected chi connectivity index (χ1v) is 8.61. The third kappa shape index (κ3) is 3.30. The second-order valence-electron chi connectivity index (χ2n) is 6.60. The van der Waals surface area contributed by atoms with Crippen LogP contribution < -0.4 is 5.32 Å². The number of nitrogens with zero attached hydrogens (tertiary/aromatic N) is 2. The number of rotatable bonds is 3. The number of carbonyl (C=O) groups excluding carboxylic acids is 2. The van der Waals surface area contributed by atoms with Crippen molar-refractivity contribution >= 4 is 28.5 Å². The molecule has 3 aromatic rings. The van der Waals surface area contributed by atoms with Crippen LogP contribution in [-0.2, 0) is 4.79 Å². The minimum Gasteiger partial charge on any atom is -0.337 e. The minimum atomic E-state index is -1.59. The van der Waals surface area contributed by atoms with Crippen LogP contribution in [0.1, 0.15) is 16.9 Å². The van der Waals surface area contributed by atoms with Crippen LogP contribution in [0, 0.1) is 23.4 Å². The molecule has 0 spiro atoms. The molecule has 1 atom stereocenters. The number of nitrogens with one attached hydrogen (secondary N) is 2. The molecule has 28 heavy (non-hydrogen) atoms. The summed E-state index contributed by atoms with van der Waals surface area (Å²) in [7, 11) is 0. The number of anilines is 1. The van der Waals surface area contributed by atoms with E-state index in [2.05, 4.69) is 15.3 Å². The van der Waals surface area contributed by atoms with Crippen LogP contribution in [0.3, 0.4) is 0 Å². The van der Waals surface area contributed by atoms with E-state index in [0.717, 1.165) is 5.39 Å². The topological polar surface area (TPSA) is 78.1 Å². The van der Waals surface area contributed by atoms with Crippen molar-refractivity contribution in [1.29, 1.82) is 0 Å². The first-order chi connectivity index (χ1) is 13.4. The van der Waals surface area contributed by atoms with Crippen molar-refractivity contribution in [2.45, 2.75) is 6.42 Å². The van der Waals surface area contributed by atoms with E-state index in [9.17, 15) is 22.8 Å². The van der Waals surface area contributed by atoms with Gasteiger partial charge in [-0.15, -0.1) is 0 Å². The molecule has 0 aliphatic carbocycles. The van der Waals surface area contributed by atoms with Crippen molar-refractivity contribution in [2.75, 3.05) is 18.4 Å². The molecule has 1 fully saturated rings. The van der Waals surface area contributed by atoms with Gasteiger partial charge in [0.05, 0.1) is 5.92 Å². The maximum absolute atomic E-state index is 13.3. The van der Waals surface area contributed by atoms with E-state index in [1.165, 1.54) is 4.90 Å². The van der Waals surface area contributed by atoms with Gasteiger partial charge >= 0.3 is 0 Å². The number of halogens is 3. The van der Waals surface area contributed by atoms with Gasteiger partial charge in [-0.2, -0.15) is 0 Å². The molecule has 0 radical (unpaired) electrons. The number of aromatic amines is 1. The van der Waals surface area contributed by atoms with E-state index in [1.807, 2.05) is 6.07 Å². The molecule has 0 unspecified atom stereocenters. The molecule has 144 valence electrons. The van der Waals surface area contributed by atoms with Crippen LogP contribution in [0.2, 0.25) is 0 Å². The van der Waals surface area contributed by atoms with E-state index in [1.54, 1.807) is 18.3 Å². The van der Waals surface area contributed by atoms with Crippen molar-refractivity contribution < 1.29 is 22.8 Å². The van der Waals surface area contributed by atoms with Crippen LogP contribution in [0.15, 0.2) is 36.5 Å². The number of H-pyrrole nitrogens is 1. The molecule has 2 N–H and O–H groups in total. The minimum absolute atomic E-state index is 0.166. The number of amides is 2. The summed E-state index contributed by atoms with van der Waals surface area (Å²) < 4.78 is 39.6. The smallest absolute Gasteiger partial charge is 0.270 e. The predicted octanol–water partition coefficient (Wildman–Crippen LogP) is 3.08. The van der Waals surface area contributed by atoms with Gasteiger partial charge in [0.1, 0.15) is 11.3 Å². The zero-order valence-corrected chi connectivity index (χ0v) is 14.5. The molecule has 1 aliphatic rings. The maximum Gasteiger partial charge on any atom is 0.270 e. The molecule has 0 saturated carbocycles. The number of carbonyl (C=O) groups is 2. The Morgan fingerprint density at radius 3 is 2.64 bits per heavy atom. The Kier molecular flexibility index (Phi) is 4.50. The Bertz CT molecular complexity index is 1030. The molecular formula is C19H15F3N4O2. The molecule has 1 aromatic carbocycles. The normalized spacial score (nSPS) is 16.5. The highest BCUT2D eigenvalue weighted by Crippen LogP contribution is 2.23. The monoisotopic (exact) mass is 388 g/mol. The number of benzene rings is 1. The highest BCUT2D eigenvalue weighted by molar-refractivity contribution is 5.98. The van der Waals surface area contributed by atoms with Gasteiger partial charge in [0, 0.05) is 42.5 Å². The summed E-state index contributed by atoms with van der Waals surface area (Å²) in [6.45, 7) is 0.533. The Hall–Kier alpha value is -3.36. The fourth-order valence-corrected chi connectivity index (χ4v) is 3.27. The van der Waals surface area contributed by atoms with E-state index < -0.39 is 29.3 Å². The van der Waals surface area contributed by atoms with Crippen LogP contribution in [0.4, 0.5) is 18.9 Å². The molecule has 1 saturated heterocycles. The second-order valence-corrected chi connectivity index (χ2v) is 6.60.